The topological polar surface area (TPSA) is 40.5 Å². The van der Waals surface area contributed by atoms with E-state index in [0.29, 0.717) is 18.8 Å². The number of hydrogen-bond acceptors (Lipinski definition) is 2. The van der Waals surface area contributed by atoms with Gasteiger partial charge in [-0.25, -0.2) is 0 Å². The van der Waals surface area contributed by atoms with Crippen LogP contribution in [0.2, 0.25) is 0 Å². The van der Waals surface area contributed by atoms with Crippen molar-refractivity contribution in [2.75, 3.05) is 0 Å². The Morgan fingerprint density at radius 2 is 1.33 bits per heavy atom. The van der Waals surface area contributed by atoms with Crippen molar-refractivity contribution in [2.24, 2.45) is 5.92 Å². The van der Waals surface area contributed by atoms with Crippen LogP contribution in [0.3, 0.4) is 0 Å². The lowest BCUT2D eigenvalue weighted by Gasteiger charge is -2.49. The highest BCUT2D eigenvalue weighted by molar-refractivity contribution is 5.40. The monoisotopic (exact) mass is 364 g/mol. The highest BCUT2D eigenvalue weighted by atomic mass is 16.3. The van der Waals surface area contributed by atoms with E-state index in [2.05, 4.69) is 48.5 Å². The van der Waals surface area contributed by atoms with Crippen LogP contribution >= 0.6 is 0 Å². The smallest absolute Gasteiger partial charge is 0.0909 e. The molecule has 27 heavy (non-hydrogen) atoms. The molecule has 2 aliphatic rings. The molecule has 2 unspecified atom stereocenters. The van der Waals surface area contributed by atoms with Crippen LogP contribution in [0.25, 0.3) is 0 Å². The largest absolute Gasteiger partial charge is 0.390 e. The summed E-state index contributed by atoms with van der Waals surface area (Å²) in [6.07, 6.45) is 8.48. The average Bonchev–Trinajstić information content (AvgIpc) is 2.72. The predicted molar refractivity (Wildman–Crippen MR) is 110 cm³/mol. The Balaban J connectivity index is 1.62. The Labute approximate surface area is 163 Å². The first-order chi connectivity index (χ1) is 13.1. The second kappa shape index (κ2) is 7.77. The molecule has 2 nitrogen and oxygen atoms in total. The highest BCUT2D eigenvalue weighted by Crippen LogP contribution is 2.50. The van der Waals surface area contributed by atoms with Gasteiger partial charge in [-0.15, -0.1) is 0 Å². The lowest BCUT2D eigenvalue weighted by atomic mass is 9.59. The minimum Gasteiger partial charge on any atom is -0.390 e. The van der Waals surface area contributed by atoms with E-state index in [0.717, 1.165) is 12.8 Å². The molecule has 4 rings (SSSR count). The third-order valence-corrected chi connectivity index (χ3v) is 7.17. The number of hydrogen-bond donors (Lipinski definition) is 2. The second-order valence-electron chi connectivity index (χ2n) is 8.85. The van der Waals surface area contributed by atoms with Crippen LogP contribution in [0, 0.1) is 5.92 Å². The van der Waals surface area contributed by atoms with Crippen molar-refractivity contribution in [3.8, 4) is 0 Å². The van der Waals surface area contributed by atoms with Gasteiger partial charge in [0.2, 0.25) is 0 Å². The molecular formula is C25H32O2. The van der Waals surface area contributed by atoms with Crippen molar-refractivity contribution in [3.05, 3.63) is 71.8 Å². The Morgan fingerprint density at radius 3 is 1.85 bits per heavy atom. The number of aliphatic hydroxyl groups is 2. The maximum absolute atomic E-state index is 11.4. The Kier molecular flexibility index (Phi) is 5.39. The van der Waals surface area contributed by atoms with E-state index in [1.54, 1.807) is 0 Å². The molecule has 0 bridgehead atoms. The van der Waals surface area contributed by atoms with Gasteiger partial charge in [-0.3, -0.25) is 0 Å². The summed E-state index contributed by atoms with van der Waals surface area (Å²) in [4.78, 5) is 0. The zero-order valence-corrected chi connectivity index (χ0v) is 16.2. The van der Waals surface area contributed by atoms with E-state index in [1.807, 2.05) is 12.1 Å². The molecule has 0 heterocycles. The number of aliphatic hydroxyl groups excluding tert-OH is 1. The van der Waals surface area contributed by atoms with Crippen molar-refractivity contribution in [3.63, 3.8) is 0 Å². The molecule has 2 aliphatic carbocycles. The predicted octanol–water partition coefficient (Wildman–Crippen LogP) is 5.22. The minimum absolute atomic E-state index is 0.221. The summed E-state index contributed by atoms with van der Waals surface area (Å²) in [6.45, 7) is 0. The fourth-order valence-electron chi connectivity index (χ4n) is 5.55. The van der Waals surface area contributed by atoms with E-state index in [4.69, 9.17) is 0 Å². The molecule has 2 aromatic carbocycles. The molecule has 0 aliphatic heterocycles. The highest BCUT2D eigenvalue weighted by Gasteiger charge is 2.50. The summed E-state index contributed by atoms with van der Waals surface area (Å²) in [6, 6.07) is 21.1. The average molecular weight is 365 g/mol. The molecule has 2 aromatic rings. The third-order valence-electron chi connectivity index (χ3n) is 7.17. The van der Waals surface area contributed by atoms with Gasteiger partial charge in [-0.2, -0.15) is 0 Å². The van der Waals surface area contributed by atoms with Crippen LogP contribution < -0.4 is 0 Å². The molecule has 0 amide bonds. The normalized spacial score (nSPS) is 28.7. The van der Waals surface area contributed by atoms with Gasteiger partial charge in [0.25, 0.3) is 0 Å². The molecule has 2 heteroatoms. The zero-order chi connectivity index (χ0) is 18.7. The van der Waals surface area contributed by atoms with Crippen molar-refractivity contribution >= 4 is 0 Å². The van der Waals surface area contributed by atoms with E-state index in [9.17, 15) is 10.2 Å². The first kappa shape index (κ1) is 18.7. The third kappa shape index (κ3) is 3.70. The van der Waals surface area contributed by atoms with Gasteiger partial charge in [-0.1, -0.05) is 92.8 Å². The molecule has 0 radical (unpaired) electrons. The molecule has 2 N–H and O–H groups in total. The zero-order valence-electron chi connectivity index (χ0n) is 16.2. The molecule has 2 saturated carbocycles. The van der Waals surface area contributed by atoms with Gasteiger partial charge in [0.05, 0.1) is 11.7 Å². The van der Waals surface area contributed by atoms with Crippen LogP contribution in [0.5, 0.6) is 0 Å². The molecule has 0 spiro atoms. The van der Waals surface area contributed by atoms with Crippen molar-refractivity contribution < 1.29 is 10.2 Å². The van der Waals surface area contributed by atoms with Gasteiger partial charge >= 0.3 is 0 Å². The van der Waals surface area contributed by atoms with Crippen LogP contribution in [0.15, 0.2) is 60.7 Å². The first-order valence-corrected chi connectivity index (χ1v) is 10.6. The molecular weight excluding hydrogens is 332 g/mol. The lowest BCUT2D eigenvalue weighted by molar-refractivity contribution is -0.126. The van der Waals surface area contributed by atoms with Crippen molar-refractivity contribution in [1.29, 1.82) is 0 Å². The maximum atomic E-state index is 11.4. The molecule has 0 aromatic heterocycles. The van der Waals surface area contributed by atoms with Crippen molar-refractivity contribution in [1.82, 2.24) is 0 Å². The van der Waals surface area contributed by atoms with Crippen LogP contribution in [-0.2, 0) is 5.41 Å². The fourth-order valence-corrected chi connectivity index (χ4v) is 5.55. The van der Waals surface area contributed by atoms with Crippen LogP contribution in [0.4, 0.5) is 0 Å². The summed E-state index contributed by atoms with van der Waals surface area (Å²) < 4.78 is 0. The summed E-state index contributed by atoms with van der Waals surface area (Å²) in [5, 5.41) is 22.5. The lowest BCUT2D eigenvalue weighted by Crippen LogP contribution is -2.53. The summed E-state index contributed by atoms with van der Waals surface area (Å²) in [7, 11) is 0. The van der Waals surface area contributed by atoms with Gasteiger partial charge in [0, 0.05) is 5.41 Å². The molecule has 144 valence electrons. The van der Waals surface area contributed by atoms with Crippen molar-refractivity contribution in [2.45, 2.75) is 74.9 Å². The molecule has 0 saturated heterocycles. The maximum Gasteiger partial charge on any atom is 0.0909 e. The Hall–Kier alpha value is -1.64. The first-order valence-electron chi connectivity index (χ1n) is 10.6. The van der Waals surface area contributed by atoms with Crippen LogP contribution in [-0.4, -0.2) is 21.9 Å². The Morgan fingerprint density at radius 1 is 0.778 bits per heavy atom. The second-order valence-corrected chi connectivity index (χ2v) is 8.85. The molecule has 2 atom stereocenters. The standard InChI is InChI=1S/C25H32O2/c26-23-19-24(21-12-6-2-7-13-21,22-14-8-3-9-15-22)16-17-25(23,27)18-20-10-4-1-5-11-20/h2-3,6-9,12-15,20,23,26-27H,1,4-5,10-11,16-19H2. The van der Waals surface area contributed by atoms with Crippen LogP contribution in [0.1, 0.15) is 68.9 Å². The van der Waals surface area contributed by atoms with E-state index >= 15 is 0 Å². The van der Waals surface area contributed by atoms with E-state index in [1.165, 1.54) is 43.2 Å². The summed E-state index contributed by atoms with van der Waals surface area (Å²) in [5.41, 5.74) is 1.33. The summed E-state index contributed by atoms with van der Waals surface area (Å²) in [5.74, 6) is 0.569. The Bertz CT molecular complexity index is 681. The summed E-state index contributed by atoms with van der Waals surface area (Å²) >= 11 is 0. The van der Waals surface area contributed by atoms with Gasteiger partial charge in [0.15, 0.2) is 0 Å². The fraction of sp³-hybridized carbons (Fsp3) is 0.520. The quantitative estimate of drug-likeness (QED) is 0.781. The SMILES string of the molecule is OC1CC(c2ccccc2)(c2ccccc2)CCC1(O)CC1CCCCC1. The van der Waals surface area contributed by atoms with Gasteiger partial charge in [-0.05, 0) is 42.7 Å². The minimum atomic E-state index is -0.935. The molecule has 2 fully saturated rings. The number of benzene rings is 2. The number of rotatable bonds is 4. The van der Waals surface area contributed by atoms with E-state index < -0.39 is 11.7 Å². The van der Waals surface area contributed by atoms with Gasteiger partial charge < -0.3 is 10.2 Å². The van der Waals surface area contributed by atoms with Gasteiger partial charge in [0.1, 0.15) is 0 Å². The van der Waals surface area contributed by atoms with E-state index in [-0.39, 0.29) is 5.41 Å².